The number of esters is 4. The van der Waals surface area contributed by atoms with Gasteiger partial charge in [0.15, 0.2) is 30.9 Å². The highest BCUT2D eigenvalue weighted by Gasteiger charge is 2.57. The fraction of sp³-hybridized carbons (Fsp3) is 0.419. The summed E-state index contributed by atoms with van der Waals surface area (Å²) in [5.74, 6) is -3.22. The molecule has 2 aliphatic rings. The molecule has 0 bridgehead atoms. The van der Waals surface area contributed by atoms with Crippen LogP contribution in [0.25, 0.3) is 0 Å². The minimum Gasteiger partial charge on any atom is -0.467 e. The second-order valence-corrected chi connectivity index (χ2v) is 13.5. The molecule has 2 aliphatic heterocycles. The largest absolute Gasteiger partial charge is 0.467 e. The average molecular weight is 836 g/mol. The number of benzene rings is 3. The Balaban J connectivity index is 1.58. The fourth-order valence-corrected chi connectivity index (χ4v) is 6.58. The molecule has 3 aromatic rings. The van der Waals surface area contributed by atoms with E-state index in [0.717, 1.165) is 19.6 Å². The van der Waals surface area contributed by atoms with Crippen molar-refractivity contribution in [2.24, 2.45) is 0 Å². The lowest BCUT2D eigenvalue weighted by molar-refractivity contribution is -0.347. The minimum absolute atomic E-state index is 0.0518. The predicted octanol–water partition coefficient (Wildman–Crippen LogP) is 3.81. The molecule has 1 amide bonds. The van der Waals surface area contributed by atoms with Crippen molar-refractivity contribution < 1.29 is 76.1 Å². The maximum atomic E-state index is 13.9. The quantitative estimate of drug-likeness (QED) is 0.110. The van der Waals surface area contributed by atoms with E-state index in [1.807, 2.05) is 24.3 Å². The molecule has 2 saturated heterocycles. The van der Waals surface area contributed by atoms with Crippen LogP contribution in [0.4, 0.5) is 4.79 Å². The molecule has 0 radical (unpaired) electrons. The highest BCUT2D eigenvalue weighted by Crippen LogP contribution is 2.35. The summed E-state index contributed by atoms with van der Waals surface area (Å²) in [5, 5.41) is 2.65. The van der Waals surface area contributed by atoms with Gasteiger partial charge in [-0.3, -0.25) is 9.59 Å². The van der Waals surface area contributed by atoms with Crippen molar-refractivity contribution in [3.8, 4) is 0 Å². The molecule has 10 atom stereocenters. The van der Waals surface area contributed by atoms with E-state index in [9.17, 15) is 24.0 Å². The summed E-state index contributed by atoms with van der Waals surface area (Å²) in [7, 11) is 2.43. The molecule has 0 spiro atoms. The van der Waals surface area contributed by atoms with Gasteiger partial charge in [0.25, 0.3) is 0 Å². The van der Waals surface area contributed by atoms with E-state index >= 15 is 0 Å². The molecule has 0 aromatic heterocycles. The van der Waals surface area contributed by atoms with Gasteiger partial charge >= 0.3 is 30.0 Å². The zero-order chi connectivity index (χ0) is 43.0. The Kier molecular flexibility index (Phi) is 17.1. The van der Waals surface area contributed by atoms with Crippen LogP contribution in [0, 0.1) is 0 Å². The third-order valence-electron chi connectivity index (χ3n) is 9.29. The van der Waals surface area contributed by atoms with Gasteiger partial charge < -0.3 is 57.4 Å². The summed E-state index contributed by atoms with van der Waals surface area (Å²) in [4.78, 5) is 65.7. The maximum Gasteiger partial charge on any atom is 0.407 e. The zero-order valence-electron chi connectivity index (χ0n) is 33.6. The topological polar surface area (TPSA) is 199 Å². The summed E-state index contributed by atoms with van der Waals surface area (Å²) >= 11 is 0. The Morgan fingerprint density at radius 3 is 1.90 bits per heavy atom. The molecular formula is C43H49NO16. The summed E-state index contributed by atoms with van der Waals surface area (Å²) < 4.78 is 65.2. The molecular weight excluding hydrogens is 786 g/mol. The molecule has 322 valence electrons. The summed E-state index contributed by atoms with van der Waals surface area (Å²) in [6, 6.07) is 24.7. The van der Waals surface area contributed by atoms with Crippen molar-refractivity contribution in [2.45, 2.75) is 88.4 Å². The van der Waals surface area contributed by atoms with E-state index < -0.39 is 97.9 Å². The first-order chi connectivity index (χ1) is 29.0. The van der Waals surface area contributed by atoms with Crippen LogP contribution in [-0.4, -0.2) is 119 Å². The van der Waals surface area contributed by atoms with E-state index in [1.54, 1.807) is 54.6 Å². The molecule has 3 aromatic carbocycles. The van der Waals surface area contributed by atoms with Gasteiger partial charge in [-0.25, -0.2) is 14.4 Å². The van der Waals surface area contributed by atoms with Crippen LogP contribution in [0.2, 0.25) is 0 Å². The third-order valence-corrected chi connectivity index (χ3v) is 9.29. The van der Waals surface area contributed by atoms with Gasteiger partial charge in [0.05, 0.1) is 25.9 Å². The SMILES string of the molecule is C=CCO[C@H]1[C@H](OCc2ccccc2)[C@@H](OC(=O)c2ccccc2)[C@H](O[C@H]2[C@H](OC(C)=O)[C@@H](NC(=O)OCc3ccccc3)[C@@H](OC)O[C@@H]2COC(C)=O)O[C@H]1C(=O)OC. The molecule has 0 aliphatic carbocycles. The van der Waals surface area contributed by atoms with Crippen LogP contribution in [0.3, 0.4) is 0 Å². The summed E-state index contributed by atoms with van der Waals surface area (Å²) in [6.07, 6.45) is -12.6. The van der Waals surface area contributed by atoms with Crippen LogP contribution in [0.1, 0.15) is 35.3 Å². The molecule has 60 heavy (non-hydrogen) atoms. The number of rotatable bonds is 18. The lowest BCUT2D eigenvalue weighted by Crippen LogP contribution is -2.69. The molecule has 5 rings (SSSR count). The highest BCUT2D eigenvalue weighted by atomic mass is 16.8. The van der Waals surface area contributed by atoms with Crippen LogP contribution < -0.4 is 5.32 Å². The van der Waals surface area contributed by atoms with Gasteiger partial charge in [-0.2, -0.15) is 0 Å². The van der Waals surface area contributed by atoms with Crippen LogP contribution in [-0.2, 0) is 79.7 Å². The Bertz CT molecular complexity index is 1860. The first-order valence-corrected chi connectivity index (χ1v) is 19.0. The minimum atomic E-state index is -1.75. The van der Waals surface area contributed by atoms with Gasteiger partial charge in [-0.05, 0) is 23.3 Å². The fourth-order valence-electron chi connectivity index (χ4n) is 6.58. The number of carbonyl (C=O) groups is 5. The second-order valence-electron chi connectivity index (χ2n) is 13.5. The number of nitrogens with one attached hydrogen (secondary N) is 1. The van der Waals surface area contributed by atoms with E-state index in [-0.39, 0.29) is 25.4 Å². The van der Waals surface area contributed by atoms with E-state index in [4.69, 9.17) is 52.1 Å². The first kappa shape index (κ1) is 45.4. The summed E-state index contributed by atoms with van der Waals surface area (Å²) in [5.41, 5.74) is 1.58. The number of methoxy groups -OCH3 is 2. The Labute approximate surface area is 347 Å². The number of carbonyl (C=O) groups excluding carboxylic acids is 5. The molecule has 1 N–H and O–H groups in total. The van der Waals surface area contributed by atoms with Crippen LogP contribution in [0.5, 0.6) is 0 Å². The zero-order valence-corrected chi connectivity index (χ0v) is 33.6. The molecule has 0 saturated carbocycles. The van der Waals surface area contributed by atoms with Crippen molar-refractivity contribution in [3.05, 3.63) is 120 Å². The molecule has 17 heteroatoms. The Morgan fingerprint density at radius 1 is 0.683 bits per heavy atom. The van der Waals surface area contributed by atoms with Crippen molar-refractivity contribution >= 4 is 30.0 Å². The van der Waals surface area contributed by atoms with Crippen LogP contribution >= 0.6 is 0 Å². The van der Waals surface area contributed by atoms with Crippen LogP contribution in [0.15, 0.2) is 104 Å². The lowest BCUT2D eigenvalue weighted by atomic mass is 9.94. The van der Waals surface area contributed by atoms with Crippen molar-refractivity contribution in [2.75, 3.05) is 27.4 Å². The number of amides is 1. The Morgan fingerprint density at radius 2 is 1.32 bits per heavy atom. The Hall–Kier alpha value is -5.69. The highest BCUT2D eigenvalue weighted by molar-refractivity contribution is 5.89. The monoisotopic (exact) mass is 835 g/mol. The smallest absolute Gasteiger partial charge is 0.407 e. The second kappa shape index (κ2) is 22.6. The number of hydrogen-bond donors (Lipinski definition) is 1. The molecule has 2 fully saturated rings. The van der Waals surface area contributed by atoms with Gasteiger partial charge in [0.1, 0.15) is 43.7 Å². The maximum absolute atomic E-state index is 13.9. The first-order valence-electron chi connectivity index (χ1n) is 19.0. The number of ether oxygens (including phenoxy) is 11. The van der Waals surface area contributed by atoms with Crippen molar-refractivity contribution in [1.29, 1.82) is 0 Å². The lowest BCUT2D eigenvalue weighted by Gasteiger charge is -2.49. The van der Waals surface area contributed by atoms with E-state index in [0.29, 0.717) is 5.56 Å². The molecule has 17 nitrogen and oxygen atoms in total. The standard InChI is InChI=1S/C43H49NO16/c1-6-22-52-35-36(54-23-28-16-10-7-11-17-28)38(58-39(47)30-20-14-9-15-21-30)42(60-37(35)40(48)50-4)59-33-31(25-53-26(2)45)57-41(51-5)32(34(33)56-27(3)46)44-43(49)55-24-29-18-12-8-13-19-29/h6-21,31-38,41-42H,1,22-25H2,2-5H3,(H,44,49)/t31-,32-,33-,34-,35+,36+,37-,38-,41+,42-/m1/s1. The van der Waals surface area contributed by atoms with Crippen molar-refractivity contribution in [3.63, 3.8) is 0 Å². The van der Waals surface area contributed by atoms with Gasteiger partial charge in [-0.15, -0.1) is 6.58 Å². The molecule has 2 heterocycles. The molecule has 0 unspecified atom stereocenters. The normalized spacial score (nSPS) is 26.1. The number of alkyl carbamates (subject to hydrolysis) is 1. The van der Waals surface area contributed by atoms with Gasteiger partial charge in [-0.1, -0.05) is 84.9 Å². The predicted molar refractivity (Wildman–Crippen MR) is 208 cm³/mol. The third kappa shape index (κ3) is 12.4. The van der Waals surface area contributed by atoms with Gasteiger partial charge in [0.2, 0.25) is 0 Å². The summed E-state index contributed by atoms with van der Waals surface area (Å²) in [6.45, 7) is 5.29. The average Bonchev–Trinajstić information content (AvgIpc) is 3.26. The van der Waals surface area contributed by atoms with Crippen molar-refractivity contribution in [1.82, 2.24) is 5.32 Å². The van der Waals surface area contributed by atoms with E-state index in [2.05, 4.69) is 11.9 Å². The number of hydrogen-bond acceptors (Lipinski definition) is 16. The van der Waals surface area contributed by atoms with E-state index in [1.165, 1.54) is 32.2 Å². The van der Waals surface area contributed by atoms with Gasteiger partial charge in [0, 0.05) is 21.0 Å².